The van der Waals surface area contributed by atoms with Crippen molar-refractivity contribution in [3.8, 4) is 0 Å². The molecule has 1 fully saturated rings. The van der Waals surface area contributed by atoms with Gasteiger partial charge in [-0.3, -0.25) is 0 Å². The molecule has 0 aliphatic carbocycles. The van der Waals surface area contributed by atoms with Crippen LogP contribution in [0.15, 0.2) is 11.4 Å². The number of aryl methyl sites for hydroxylation is 1. The first-order valence-electron chi connectivity index (χ1n) is 6.62. The maximum absolute atomic E-state index is 12.1. The van der Waals surface area contributed by atoms with Crippen molar-refractivity contribution >= 4 is 17.4 Å². The van der Waals surface area contributed by atoms with Gasteiger partial charge in [0.05, 0.1) is 6.04 Å². The van der Waals surface area contributed by atoms with Crippen LogP contribution in [0.25, 0.3) is 0 Å². The maximum Gasteiger partial charge on any atom is 0.410 e. The summed E-state index contributed by atoms with van der Waals surface area (Å²) >= 11 is 1.74. The summed E-state index contributed by atoms with van der Waals surface area (Å²) in [5, 5.41) is 5.57. The lowest BCUT2D eigenvalue weighted by Gasteiger charge is -2.34. The summed E-state index contributed by atoms with van der Waals surface area (Å²) < 4.78 is 5.44. The number of carbonyl (C=O) groups is 1. The van der Waals surface area contributed by atoms with Gasteiger partial charge in [0.2, 0.25) is 0 Å². The van der Waals surface area contributed by atoms with E-state index in [2.05, 4.69) is 23.7 Å². The molecule has 2 heterocycles. The zero-order valence-corrected chi connectivity index (χ0v) is 12.8. The zero-order chi connectivity index (χ0) is 14.0. The molecule has 1 aliphatic heterocycles. The molecular formula is C14H22N2O2S. The van der Waals surface area contributed by atoms with Crippen molar-refractivity contribution in [1.29, 1.82) is 0 Å². The predicted octanol–water partition coefficient (Wildman–Crippen LogP) is 2.94. The molecule has 1 amide bonds. The lowest BCUT2D eigenvalue weighted by atomic mass is 10.1. The second kappa shape index (κ2) is 5.51. The molecule has 19 heavy (non-hydrogen) atoms. The van der Waals surface area contributed by atoms with Crippen LogP contribution in [0.2, 0.25) is 0 Å². The van der Waals surface area contributed by atoms with Crippen LogP contribution in [-0.4, -0.2) is 36.2 Å². The fraction of sp³-hybridized carbons (Fsp3) is 0.643. The molecule has 2 rings (SSSR count). The Morgan fingerprint density at radius 1 is 1.53 bits per heavy atom. The number of hydrogen-bond donors (Lipinski definition) is 1. The van der Waals surface area contributed by atoms with Crippen LogP contribution in [0.5, 0.6) is 0 Å². The molecule has 1 unspecified atom stereocenters. The van der Waals surface area contributed by atoms with Gasteiger partial charge in [-0.05, 0) is 44.7 Å². The number of rotatable bonds is 1. The summed E-state index contributed by atoms with van der Waals surface area (Å²) in [7, 11) is 0. The molecule has 0 saturated carbocycles. The molecule has 4 nitrogen and oxygen atoms in total. The molecule has 1 atom stereocenters. The summed E-state index contributed by atoms with van der Waals surface area (Å²) in [4.78, 5) is 15.2. The Morgan fingerprint density at radius 2 is 2.26 bits per heavy atom. The van der Waals surface area contributed by atoms with Crippen LogP contribution >= 0.6 is 11.3 Å². The van der Waals surface area contributed by atoms with Crippen molar-refractivity contribution < 1.29 is 9.53 Å². The van der Waals surface area contributed by atoms with E-state index in [1.807, 2.05) is 20.8 Å². The SMILES string of the molecule is Cc1ccsc1C1CN(C(=O)OC(C)(C)C)CCN1. The van der Waals surface area contributed by atoms with Gasteiger partial charge < -0.3 is 15.0 Å². The first-order valence-corrected chi connectivity index (χ1v) is 7.50. The molecule has 1 aromatic heterocycles. The number of thiophene rings is 1. The Balaban J connectivity index is 2.01. The highest BCUT2D eigenvalue weighted by Crippen LogP contribution is 2.26. The Morgan fingerprint density at radius 3 is 2.84 bits per heavy atom. The van der Waals surface area contributed by atoms with E-state index in [4.69, 9.17) is 4.74 Å². The molecule has 0 spiro atoms. The first kappa shape index (κ1) is 14.3. The summed E-state index contributed by atoms with van der Waals surface area (Å²) in [6.45, 7) is 9.99. The molecule has 1 saturated heterocycles. The van der Waals surface area contributed by atoms with Gasteiger partial charge in [-0.2, -0.15) is 0 Å². The zero-order valence-electron chi connectivity index (χ0n) is 12.0. The number of hydrogen-bond acceptors (Lipinski definition) is 4. The minimum absolute atomic E-state index is 0.215. The monoisotopic (exact) mass is 282 g/mol. The van der Waals surface area contributed by atoms with Crippen LogP contribution in [0, 0.1) is 6.92 Å². The number of nitrogens with zero attached hydrogens (tertiary/aromatic N) is 1. The van der Waals surface area contributed by atoms with Crippen molar-refractivity contribution in [2.24, 2.45) is 0 Å². The Bertz CT molecular complexity index is 451. The van der Waals surface area contributed by atoms with Crippen LogP contribution in [0.4, 0.5) is 4.79 Å². The number of piperazine rings is 1. The van der Waals surface area contributed by atoms with E-state index in [0.29, 0.717) is 13.1 Å². The van der Waals surface area contributed by atoms with Crippen molar-refractivity contribution in [1.82, 2.24) is 10.2 Å². The second-order valence-electron chi connectivity index (χ2n) is 5.90. The summed E-state index contributed by atoms with van der Waals surface area (Å²) in [5.74, 6) is 0. The van der Waals surface area contributed by atoms with Gasteiger partial charge in [0, 0.05) is 24.5 Å². The van der Waals surface area contributed by atoms with Crippen molar-refractivity contribution in [2.75, 3.05) is 19.6 Å². The van der Waals surface area contributed by atoms with Gasteiger partial charge >= 0.3 is 6.09 Å². The molecule has 0 aromatic carbocycles. The molecule has 106 valence electrons. The van der Waals surface area contributed by atoms with E-state index in [0.717, 1.165) is 6.54 Å². The van der Waals surface area contributed by atoms with E-state index in [1.165, 1.54) is 10.4 Å². The van der Waals surface area contributed by atoms with E-state index < -0.39 is 5.60 Å². The average Bonchev–Trinajstić information content (AvgIpc) is 2.73. The summed E-state index contributed by atoms with van der Waals surface area (Å²) in [6, 6.07) is 2.34. The lowest BCUT2D eigenvalue weighted by Crippen LogP contribution is -2.49. The Labute approximate surface area is 118 Å². The molecule has 0 bridgehead atoms. The predicted molar refractivity (Wildman–Crippen MR) is 77.6 cm³/mol. The maximum atomic E-state index is 12.1. The molecule has 0 radical (unpaired) electrons. The highest BCUT2D eigenvalue weighted by atomic mass is 32.1. The fourth-order valence-electron chi connectivity index (χ4n) is 2.16. The van der Waals surface area contributed by atoms with Gasteiger partial charge in [-0.25, -0.2) is 4.79 Å². The quantitative estimate of drug-likeness (QED) is 0.861. The molecular weight excluding hydrogens is 260 g/mol. The Hall–Kier alpha value is -1.07. The molecule has 1 aromatic rings. The minimum atomic E-state index is -0.434. The summed E-state index contributed by atoms with van der Waals surface area (Å²) in [6.07, 6.45) is -0.215. The van der Waals surface area contributed by atoms with Crippen molar-refractivity contribution in [2.45, 2.75) is 39.3 Å². The third-order valence-electron chi connectivity index (χ3n) is 3.05. The highest BCUT2D eigenvalue weighted by Gasteiger charge is 2.28. The second-order valence-corrected chi connectivity index (χ2v) is 6.85. The molecule has 5 heteroatoms. The van der Waals surface area contributed by atoms with Crippen molar-refractivity contribution in [3.63, 3.8) is 0 Å². The van der Waals surface area contributed by atoms with Crippen LogP contribution in [0.3, 0.4) is 0 Å². The number of ether oxygens (including phenoxy) is 1. The van der Waals surface area contributed by atoms with E-state index in [1.54, 1.807) is 16.2 Å². The fourth-order valence-corrected chi connectivity index (χ4v) is 3.15. The van der Waals surface area contributed by atoms with Gasteiger partial charge in [0.25, 0.3) is 0 Å². The van der Waals surface area contributed by atoms with Crippen LogP contribution in [0.1, 0.15) is 37.3 Å². The van der Waals surface area contributed by atoms with Crippen molar-refractivity contribution in [3.05, 3.63) is 21.9 Å². The molecule has 1 aliphatic rings. The van der Waals surface area contributed by atoms with Crippen LogP contribution < -0.4 is 5.32 Å². The first-order chi connectivity index (χ1) is 8.87. The third-order valence-corrected chi connectivity index (χ3v) is 4.18. The van der Waals surface area contributed by atoms with E-state index in [-0.39, 0.29) is 12.1 Å². The minimum Gasteiger partial charge on any atom is -0.444 e. The lowest BCUT2D eigenvalue weighted by molar-refractivity contribution is 0.0196. The highest BCUT2D eigenvalue weighted by molar-refractivity contribution is 7.10. The van der Waals surface area contributed by atoms with E-state index >= 15 is 0 Å². The van der Waals surface area contributed by atoms with Gasteiger partial charge in [-0.15, -0.1) is 11.3 Å². The van der Waals surface area contributed by atoms with Gasteiger partial charge in [-0.1, -0.05) is 0 Å². The topological polar surface area (TPSA) is 41.6 Å². The van der Waals surface area contributed by atoms with Gasteiger partial charge in [0.1, 0.15) is 5.60 Å². The Kier molecular flexibility index (Phi) is 4.16. The largest absolute Gasteiger partial charge is 0.444 e. The van der Waals surface area contributed by atoms with Gasteiger partial charge in [0.15, 0.2) is 0 Å². The van der Waals surface area contributed by atoms with E-state index in [9.17, 15) is 4.79 Å². The third kappa shape index (κ3) is 3.70. The van der Waals surface area contributed by atoms with Crippen LogP contribution in [-0.2, 0) is 4.74 Å². The smallest absolute Gasteiger partial charge is 0.410 e. The summed E-state index contributed by atoms with van der Waals surface area (Å²) in [5.41, 5.74) is 0.851. The standard InChI is InChI=1S/C14H22N2O2S/c1-10-5-8-19-12(10)11-9-16(7-6-15-11)13(17)18-14(2,3)4/h5,8,11,15H,6-7,9H2,1-4H3. The normalized spacial score (nSPS) is 20.4. The number of amides is 1. The number of carbonyl (C=O) groups excluding carboxylic acids is 1. The molecule has 1 N–H and O–H groups in total. The number of nitrogens with one attached hydrogen (secondary N) is 1. The average molecular weight is 282 g/mol.